The Morgan fingerprint density at radius 1 is 1.46 bits per heavy atom. The number of nitrogens with zero attached hydrogens (tertiary/aromatic N) is 1. The van der Waals surface area contributed by atoms with Gasteiger partial charge in [0.2, 0.25) is 0 Å². The van der Waals surface area contributed by atoms with Crippen LogP contribution in [0.3, 0.4) is 0 Å². The van der Waals surface area contributed by atoms with Crippen LogP contribution in [0.25, 0.3) is 0 Å². The van der Waals surface area contributed by atoms with E-state index in [2.05, 4.69) is 0 Å². The number of rotatable bonds is 3. The number of aromatic nitrogens is 1. The summed E-state index contributed by atoms with van der Waals surface area (Å²) in [4.78, 5) is 20.9. The Hall–Kier alpha value is -1.78. The number of carboxylic acid groups (broad SMARTS) is 2. The van der Waals surface area contributed by atoms with E-state index in [0.717, 1.165) is 0 Å². The second-order valence-electron chi connectivity index (χ2n) is 2.64. The van der Waals surface area contributed by atoms with Crippen molar-refractivity contribution in [1.82, 2.24) is 4.57 Å². The van der Waals surface area contributed by atoms with Gasteiger partial charge in [0.1, 0.15) is 6.54 Å². The average molecular weight is 183 g/mol. The van der Waals surface area contributed by atoms with Crippen LogP contribution in [0, 0.1) is 6.92 Å². The third kappa shape index (κ3) is 1.87. The van der Waals surface area contributed by atoms with Crippen LogP contribution in [0.2, 0.25) is 0 Å². The Bertz CT molecular complexity index is 353. The first-order valence-electron chi connectivity index (χ1n) is 3.63. The Kier molecular flexibility index (Phi) is 2.36. The number of aliphatic carboxylic acids is 1. The summed E-state index contributed by atoms with van der Waals surface area (Å²) in [6.45, 7) is 1.37. The summed E-state index contributed by atoms with van der Waals surface area (Å²) in [5.74, 6) is -2.03. The maximum Gasteiger partial charge on any atom is 0.337 e. The van der Waals surface area contributed by atoms with Gasteiger partial charge in [-0.1, -0.05) is 0 Å². The van der Waals surface area contributed by atoms with Gasteiger partial charge in [-0.15, -0.1) is 0 Å². The van der Waals surface area contributed by atoms with Crippen molar-refractivity contribution >= 4 is 11.9 Å². The lowest BCUT2D eigenvalue weighted by Crippen LogP contribution is -2.10. The van der Waals surface area contributed by atoms with Gasteiger partial charge in [-0.3, -0.25) is 4.79 Å². The predicted molar refractivity (Wildman–Crippen MR) is 43.8 cm³/mol. The van der Waals surface area contributed by atoms with Crippen molar-refractivity contribution in [2.45, 2.75) is 13.5 Å². The second-order valence-corrected chi connectivity index (χ2v) is 2.64. The molecule has 2 N–H and O–H groups in total. The summed E-state index contributed by atoms with van der Waals surface area (Å²) in [6, 6.07) is 1.39. The standard InChI is InChI=1S/C8H9NO4/c1-5-6(8(12)13)2-3-9(5)4-7(10)11/h2-3H,4H2,1H3,(H,10,11)(H,12,13). The Balaban J connectivity index is 2.99. The topological polar surface area (TPSA) is 79.5 Å². The molecular formula is C8H9NO4. The van der Waals surface area contributed by atoms with Crippen molar-refractivity contribution in [3.63, 3.8) is 0 Å². The monoisotopic (exact) mass is 183 g/mol. The fourth-order valence-electron chi connectivity index (χ4n) is 1.09. The molecule has 70 valence electrons. The van der Waals surface area contributed by atoms with Crippen LogP contribution in [-0.4, -0.2) is 26.7 Å². The summed E-state index contributed by atoms with van der Waals surface area (Å²) in [5.41, 5.74) is 0.594. The molecule has 13 heavy (non-hydrogen) atoms. The highest BCUT2D eigenvalue weighted by Crippen LogP contribution is 2.09. The van der Waals surface area contributed by atoms with Crippen LogP contribution >= 0.6 is 0 Å². The maximum atomic E-state index is 10.6. The van der Waals surface area contributed by atoms with Crippen LogP contribution in [0.15, 0.2) is 12.3 Å². The minimum Gasteiger partial charge on any atom is -0.480 e. The normalized spacial score (nSPS) is 9.92. The molecule has 0 aliphatic carbocycles. The molecule has 0 saturated heterocycles. The van der Waals surface area contributed by atoms with E-state index in [1.807, 2.05) is 0 Å². The molecule has 0 bridgehead atoms. The van der Waals surface area contributed by atoms with Crippen LogP contribution in [0.5, 0.6) is 0 Å². The minimum absolute atomic E-state index is 0.140. The number of hydrogen-bond acceptors (Lipinski definition) is 2. The van der Waals surface area contributed by atoms with Gasteiger partial charge in [0.15, 0.2) is 0 Å². The maximum absolute atomic E-state index is 10.6. The molecule has 5 nitrogen and oxygen atoms in total. The van der Waals surface area contributed by atoms with Crippen LogP contribution in [0.1, 0.15) is 16.1 Å². The van der Waals surface area contributed by atoms with E-state index in [1.54, 1.807) is 6.92 Å². The molecule has 0 radical (unpaired) electrons. The van der Waals surface area contributed by atoms with Gasteiger partial charge in [-0.05, 0) is 13.0 Å². The first-order valence-corrected chi connectivity index (χ1v) is 3.63. The van der Waals surface area contributed by atoms with Crippen molar-refractivity contribution in [3.05, 3.63) is 23.5 Å². The van der Waals surface area contributed by atoms with Gasteiger partial charge in [0.25, 0.3) is 0 Å². The summed E-state index contributed by atoms with van der Waals surface area (Å²) in [6.07, 6.45) is 1.45. The molecule has 1 rings (SSSR count). The zero-order valence-corrected chi connectivity index (χ0v) is 7.02. The van der Waals surface area contributed by atoms with Crippen LogP contribution in [0.4, 0.5) is 0 Å². The fraction of sp³-hybridized carbons (Fsp3) is 0.250. The Morgan fingerprint density at radius 2 is 2.08 bits per heavy atom. The zero-order chi connectivity index (χ0) is 10.0. The van der Waals surface area contributed by atoms with E-state index >= 15 is 0 Å². The molecule has 0 aliphatic heterocycles. The molecule has 0 fully saturated rings. The molecule has 1 aromatic rings. The summed E-state index contributed by atoms with van der Waals surface area (Å²) < 4.78 is 1.38. The van der Waals surface area contributed by atoms with Crippen molar-refractivity contribution in [2.24, 2.45) is 0 Å². The van der Waals surface area contributed by atoms with Gasteiger partial charge < -0.3 is 14.8 Å². The largest absolute Gasteiger partial charge is 0.480 e. The zero-order valence-electron chi connectivity index (χ0n) is 7.02. The number of carboxylic acids is 2. The van der Waals surface area contributed by atoms with E-state index in [0.29, 0.717) is 5.69 Å². The van der Waals surface area contributed by atoms with Crippen LogP contribution < -0.4 is 0 Å². The lowest BCUT2D eigenvalue weighted by atomic mass is 10.2. The highest BCUT2D eigenvalue weighted by molar-refractivity contribution is 5.89. The lowest BCUT2D eigenvalue weighted by molar-refractivity contribution is -0.137. The van der Waals surface area contributed by atoms with E-state index in [-0.39, 0.29) is 12.1 Å². The third-order valence-electron chi connectivity index (χ3n) is 1.78. The summed E-state index contributed by atoms with van der Waals surface area (Å²) in [5, 5.41) is 17.1. The van der Waals surface area contributed by atoms with E-state index in [4.69, 9.17) is 10.2 Å². The van der Waals surface area contributed by atoms with Crippen molar-refractivity contribution in [2.75, 3.05) is 0 Å². The highest BCUT2D eigenvalue weighted by Gasteiger charge is 2.12. The molecular weight excluding hydrogens is 174 g/mol. The minimum atomic E-state index is -1.04. The van der Waals surface area contributed by atoms with Gasteiger partial charge >= 0.3 is 11.9 Å². The van der Waals surface area contributed by atoms with E-state index in [9.17, 15) is 9.59 Å². The molecule has 1 aromatic heterocycles. The number of hydrogen-bond donors (Lipinski definition) is 2. The summed E-state index contributed by atoms with van der Waals surface area (Å²) in [7, 11) is 0. The number of aromatic carboxylic acids is 1. The molecule has 0 unspecified atom stereocenters. The first kappa shape index (κ1) is 9.31. The van der Waals surface area contributed by atoms with E-state index in [1.165, 1.54) is 16.8 Å². The molecule has 1 heterocycles. The number of carbonyl (C=O) groups is 2. The van der Waals surface area contributed by atoms with Crippen LogP contribution in [-0.2, 0) is 11.3 Å². The summed E-state index contributed by atoms with van der Waals surface area (Å²) >= 11 is 0. The molecule has 0 amide bonds. The third-order valence-corrected chi connectivity index (χ3v) is 1.78. The highest BCUT2D eigenvalue weighted by atomic mass is 16.4. The average Bonchev–Trinajstić information content (AvgIpc) is 2.32. The second kappa shape index (κ2) is 3.30. The van der Waals surface area contributed by atoms with Crippen molar-refractivity contribution in [1.29, 1.82) is 0 Å². The molecule has 0 aromatic carbocycles. The fourth-order valence-corrected chi connectivity index (χ4v) is 1.09. The smallest absolute Gasteiger partial charge is 0.337 e. The quantitative estimate of drug-likeness (QED) is 0.718. The molecule has 0 saturated carbocycles. The van der Waals surface area contributed by atoms with Crippen molar-refractivity contribution in [3.8, 4) is 0 Å². The van der Waals surface area contributed by atoms with E-state index < -0.39 is 11.9 Å². The molecule has 0 spiro atoms. The van der Waals surface area contributed by atoms with Gasteiger partial charge in [0, 0.05) is 11.9 Å². The molecule has 0 aliphatic rings. The molecule has 5 heteroatoms. The SMILES string of the molecule is Cc1c(C(=O)O)ccn1CC(=O)O. The Morgan fingerprint density at radius 3 is 2.46 bits per heavy atom. The Labute approximate surface area is 74.2 Å². The van der Waals surface area contributed by atoms with Gasteiger partial charge in [-0.25, -0.2) is 4.79 Å². The molecule has 0 atom stereocenters. The van der Waals surface area contributed by atoms with Gasteiger partial charge in [-0.2, -0.15) is 0 Å². The van der Waals surface area contributed by atoms with Gasteiger partial charge in [0.05, 0.1) is 5.56 Å². The van der Waals surface area contributed by atoms with Crippen molar-refractivity contribution < 1.29 is 19.8 Å². The lowest BCUT2D eigenvalue weighted by Gasteiger charge is -2.01. The first-order chi connectivity index (χ1) is 6.02. The predicted octanol–water partition coefficient (Wildman–Crippen LogP) is 0.579.